The summed E-state index contributed by atoms with van der Waals surface area (Å²) in [6, 6.07) is 3.41. The van der Waals surface area contributed by atoms with Crippen molar-refractivity contribution in [2.24, 2.45) is 9.98 Å². The Bertz CT molecular complexity index is 1110. The Morgan fingerprint density at radius 2 is 1.70 bits per heavy atom. The molecule has 0 aliphatic carbocycles. The molecule has 2 aromatic carbocycles. The number of guanidine groups is 2. The van der Waals surface area contributed by atoms with Gasteiger partial charge in [0.15, 0.2) is 17.5 Å². The minimum atomic E-state index is -1.56. The van der Waals surface area contributed by atoms with Gasteiger partial charge in [0.1, 0.15) is 5.82 Å². The number of aliphatic imine (C=N–C) groups is 2. The first-order valence-corrected chi connectivity index (χ1v) is 9.05. The van der Waals surface area contributed by atoms with Crippen LogP contribution in [-0.2, 0) is 0 Å². The largest absolute Gasteiger partial charge is 0.330 e. The maximum atomic E-state index is 13.8. The molecule has 0 spiro atoms. The molecule has 4 rings (SSSR count). The summed E-state index contributed by atoms with van der Waals surface area (Å²) in [5, 5.41) is 2.61. The van der Waals surface area contributed by atoms with Crippen LogP contribution in [0.4, 0.5) is 28.0 Å². The average Bonchev–Trinajstić information content (AvgIpc) is 3.13. The van der Waals surface area contributed by atoms with Crippen molar-refractivity contribution in [3.63, 3.8) is 0 Å². The molecule has 6 nitrogen and oxygen atoms in total. The fraction of sp³-hybridized carbons (Fsp3) is 0.250. The zero-order valence-corrected chi connectivity index (χ0v) is 16.3. The van der Waals surface area contributed by atoms with Gasteiger partial charge in [-0.2, -0.15) is 0 Å². The van der Waals surface area contributed by atoms with Gasteiger partial charge in [-0.25, -0.2) is 32.3 Å². The summed E-state index contributed by atoms with van der Waals surface area (Å²) in [6.45, 7) is 3.32. The predicted octanol–water partition coefficient (Wildman–Crippen LogP) is 3.92. The summed E-state index contributed by atoms with van der Waals surface area (Å²) >= 11 is 0. The molecule has 2 aliphatic heterocycles. The van der Waals surface area contributed by atoms with Crippen molar-refractivity contribution in [3.05, 3.63) is 64.2 Å². The van der Waals surface area contributed by atoms with Crippen molar-refractivity contribution in [3.8, 4) is 0 Å². The van der Waals surface area contributed by atoms with Crippen molar-refractivity contribution in [2.45, 2.75) is 19.9 Å². The standard InChI is InChI=1S/C20H17F4N5O/c1-9-5-15(10(2)4-12(9)21)26-18-27-20(30)28(3)19-25-8-16(29(18)19)11-6-13(22)17(24)14(23)7-11/h4-7,16H,8H2,1-3H3,(H,26,27,30). The molecule has 156 valence electrons. The third-order valence-corrected chi connectivity index (χ3v) is 5.08. The summed E-state index contributed by atoms with van der Waals surface area (Å²) in [5.41, 5.74) is 1.45. The summed E-state index contributed by atoms with van der Waals surface area (Å²) in [6.07, 6.45) is 0. The van der Waals surface area contributed by atoms with Crippen LogP contribution in [0, 0.1) is 37.1 Å². The summed E-state index contributed by atoms with van der Waals surface area (Å²) < 4.78 is 54.9. The van der Waals surface area contributed by atoms with E-state index in [0.29, 0.717) is 16.8 Å². The van der Waals surface area contributed by atoms with Gasteiger partial charge in [-0.05, 0) is 54.8 Å². The molecule has 2 aliphatic rings. The van der Waals surface area contributed by atoms with Gasteiger partial charge < -0.3 is 0 Å². The Kier molecular flexibility index (Phi) is 4.71. The highest BCUT2D eigenvalue weighted by molar-refractivity contribution is 6.16. The molecule has 0 bridgehead atoms. The minimum Gasteiger partial charge on any atom is -0.277 e. The number of rotatable bonds is 2. The van der Waals surface area contributed by atoms with Crippen LogP contribution >= 0.6 is 0 Å². The van der Waals surface area contributed by atoms with Crippen LogP contribution in [0.2, 0.25) is 0 Å². The monoisotopic (exact) mass is 419 g/mol. The first kappa shape index (κ1) is 19.9. The van der Waals surface area contributed by atoms with Crippen LogP contribution in [-0.4, -0.2) is 41.3 Å². The van der Waals surface area contributed by atoms with Gasteiger partial charge in [0, 0.05) is 7.05 Å². The third kappa shape index (κ3) is 3.17. The molecule has 0 saturated carbocycles. The van der Waals surface area contributed by atoms with E-state index in [0.717, 1.165) is 12.1 Å². The van der Waals surface area contributed by atoms with E-state index in [9.17, 15) is 22.4 Å². The lowest BCUT2D eigenvalue weighted by atomic mass is 10.1. The van der Waals surface area contributed by atoms with Crippen LogP contribution in [0.1, 0.15) is 22.7 Å². The van der Waals surface area contributed by atoms with Crippen molar-refractivity contribution in [2.75, 3.05) is 13.6 Å². The number of aryl methyl sites for hydroxylation is 2. The Morgan fingerprint density at radius 3 is 2.37 bits per heavy atom. The topological polar surface area (TPSA) is 60.3 Å². The average molecular weight is 419 g/mol. The molecular formula is C20H17F4N5O. The molecule has 1 saturated heterocycles. The molecule has 2 heterocycles. The number of urea groups is 1. The number of benzene rings is 2. The Hall–Kier alpha value is -3.43. The molecule has 1 unspecified atom stereocenters. The third-order valence-electron chi connectivity index (χ3n) is 5.08. The number of carbonyl (C=O) groups excluding carboxylic acids is 1. The number of fused-ring (bicyclic) bond motifs is 1. The lowest BCUT2D eigenvalue weighted by Crippen LogP contribution is -2.61. The number of carbonyl (C=O) groups is 1. The molecule has 1 fully saturated rings. The molecule has 1 atom stereocenters. The number of halogens is 4. The number of amides is 2. The van der Waals surface area contributed by atoms with E-state index in [-0.39, 0.29) is 29.8 Å². The highest BCUT2D eigenvalue weighted by Gasteiger charge is 2.41. The van der Waals surface area contributed by atoms with Gasteiger partial charge in [-0.1, -0.05) is 0 Å². The normalized spacial score (nSPS) is 19.8. The zero-order valence-electron chi connectivity index (χ0n) is 16.3. The smallest absolute Gasteiger partial charge is 0.277 e. The van der Waals surface area contributed by atoms with Gasteiger partial charge in [0.25, 0.3) is 0 Å². The molecule has 0 radical (unpaired) electrons. The van der Waals surface area contributed by atoms with Crippen molar-refractivity contribution in [1.29, 1.82) is 0 Å². The first-order valence-electron chi connectivity index (χ1n) is 9.05. The molecular weight excluding hydrogens is 402 g/mol. The van der Waals surface area contributed by atoms with E-state index in [1.165, 1.54) is 29.0 Å². The molecule has 30 heavy (non-hydrogen) atoms. The van der Waals surface area contributed by atoms with Crippen molar-refractivity contribution in [1.82, 2.24) is 15.1 Å². The van der Waals surface area contributed by atoms with Crippen molar-refractivity contribution < 1.29 is 22.4 Å². The number of hydrogen-bond donors (Lipinski definition) is 1. The number of hydrogen-bond acceptors (Lipinski definition) is 3. The Morgan fingerprint density at radius 1 is 1.03 bits per heavy atom. The first-order chi connectivity index (χ1) is 14.2. The summed E-state index contributed by atoms with van der Waals surface area (Å²) in [4.78, 5) is 23.8. The number of nitrogens with one attached hydrogen (secondary N) is 1. The maximum absolute atomic E-state index is 13.8. The van der Waals surface area contributed by atoms with E-state index in [1.54, 1.807) is 13.8 Å². The quantitative estimate of drug-likeness (QED) is 0.593. The van der Waals surface area contributed by atoms with Gasteiger partial charge in [0.2, 0.25) is 11.9 Å². The van der Waals surface area contributed by atoms with Crippen LogP contribution in [0.25, 0.3) is 0 Å². The van der Waals surface area contributed by atoms with E-state index >= 15 is 0 Å². The molecule has 10 heteroatoms. The van der Waals surface area contributed by atoms with Crippen molar-refractivity contribution >= 4 is 23.6 Å². The van der Waals surface area contributed by atoms with E-state index < -0.39 is 29.5 Å². The van der Waals surface area contributed by atoms with Gasteiger partial charge in [0.05, 0.1) is 18.3 Å². The number of nitrogens with zero attached hydrogens (tertiary/aromatic N) is 4. The van der Waals surface area contributed by atoms with Gasteiger partial charge >= 0.3 is 6.03 Å². The maximum Gasteiger partial charge on any atom is 0.330 e. The van der Waals surface area contributed by atoms with Gasteiger partial charge in [-0.3, -0.25) is 15.1 Å². The van der Waals surface area contributed by atoms with Crippen LogP contribution in [0.15, 0.2) is 34.3 Å². The predicted molar refractivity (Wildman–Crippen MR) is 102 cm³/mol. The zero-order chi connectivity index (χ0) is 21.7. The second-order valence-corrected chi connectivity index (χ2v) is 7.14. The lowest BCUT2D eigenvalue weighted by molar-refractivity contribution is 0.222. The van der Waals surface area contributed by atoms with Crippen LogP contribution < -0.4 is 5.32 Å². The highest BCUT2D eigenvalue weighted by atomic mass is 19.2. The second kappa shape index (κ2) is 7.12. The summed E-state index contributed by atoms with van der Waals surface area (Å²) in [7, 11) is 1.49. The fourth-order valence-corrected chi connectivity index (χ4v) is 3.41. The SMILES string of the molecule is Cc1cc(N=C2NC(=O)N(C)C3=NCC(c4cc(F)c(F)c(F)c4)N23)c(C)cc1F. The fourth-order valence-electron chi connectivity index (χ4n) is 3.41. The van der Waals surface area contributed by atoms with Gasteiger partial charge in [-0.15, -0.1) is 0 Å². The molecule has 1 N–H and O–H groups in total. The van der Waals surface area contributed by atoms with E-state index in [1.807, 2.05) is 0 Å². The summed E-state index contributed by atoms with van der Waals surface area (Å²) in [5.74, 6) is -4.30. The molecule has 2 aromatic rings. The Labute approximate surface area is 169 Å². The van der Waals surface area contributed by atoms with E-state index in [2.05, 4.69) is 15.3 Å². The minimum absolute atomic E-state index is 0.0681. The van der Waals surface area contributed by atoms with E-state index in [4.69, 9.17) is 0 Å². The molecule has 2 amide bonds. The highest BCUT2D eigenvalue weighted by Crippen LogP contribution is 2.32. The van der Waals surface area contributed by atoms with Crippen LogP contribution in [0.5, 0.6) is 0 Å². The second-order valence-electron chi connectivity index (χ2n) is 7.14. The molecule has 0 aromatic heterocycles. The van der Waals surface area contributed by atoms with Crippen LogP contribution in [0.3, 0.4) is 0 Å². The Balaban J connectivity index is 1.82. The lowest BCUT2D eigenvalue weighted by Gasteiger charge is -2.36.